The highest BCUT2D eigenvalue weighted by Crippen LogP contribution is 2.29. The number of carbonyl (C=O) groups is 1. The molecule has 1 heterocycles. The number of carbonyl (C=O) groups excluding carboxylic acids is 1. The maximum Gasteiger partial charge on any atom is 0.256 e. The summed E-state index contributed by atoms with van der Waals surface area (Å²) in [6.07, 6.45) is -0.730. The molecule has 1 amide bonds. The molecular formula is C13H13BrF3NO. The van der Waals surface area contributed by atoms with Crippen molar-refractivity contribution >= 4 is 21.8 Å². The van der Waals surface area contributed by atoms with Crippen LogP contribution < -0.4 is 0 Å². The van der Waals surface area contributed by atoms with E-state index in [1.54, 1.807) is 13.0 Å². The van der Waals surface area contributed by atoms with Crippen molar-refractivity contribution in [2.45, 2.75) is 25.7 Å². The van der Waals surface area contributed by atoms with Crippen molar-refractivity contribution in [3.05, 3.63) is 33.5 Å². The highest BCUT2D eigenvalue weighted by molar-refractivity contribution is 9.10. The smallest absolute Gasteiger partial charge is 0.256 e. The maximum atomic E-state index is 14.0. The summed E-state index contributed by atoms with van der Waals surface area (Å²) in [7, 11) is 0. The minimum atomic E-state index is -2.72. The molecule has 0 saturated carbocycles. The molecule has 104 valence electrons. The van der Waals surface area contributed by atoms with Gasteiger partial charge in [0.2, 0.25) is 0 Å². The largest absolute Gasteiger partial charge is 0.338 e. The third kappa shape index (κ3) is 2.94. The summed E-state index contributed by atoms with van der Waals surface area (Å²) in [5, 5.41) is 0. The molecule has 2 nitrogen and oxygen atoms in total. The fraction of sp³-hybridized carbons (Fsp3) is 0.462. The number of amides is 1. The number of benzene rings is 1. The fourth-order valence-corrected chi connectivity index (χ4v) is 2.34. The van der Waals surface area contributed by atoms with Crippen LogP contribution in [0.1, 0.15) is 28.8 Å². The molecule has 0 aliphatic carbocycles. The average molecular weight is 336 g/mol. The minimum Gasteiger partial charge on any atom is -0.338 e. The second-order valence-electron chi connectivity index (χ2n) is 4.68. The van der Waals surface area contributed by atoms with E-state index >= 15 is 0 Å². The first-order valence-corrected chi connectivity index (χ1v) is 6.73. The molecule has 0 bridgehead atoms. The lowest BCUT2D eigenvalue weighted by Crippen LogP contribution is -2.43. The van der Waals surface area contributed by atoms with Gasteiger partial charge in [0.05, 0.1) is 5.56 Å². The van der Waals surface area contributed by atoms with E-state index in [1.165, 1.54) is 11.0 Å². The fourth-order valence-electron chi connectivity index (χ4n) is 2.03. The zero-order valence-corrected chi connectivity index (χ0v) is 11.9. The zero-order valence-electron chi connectivity index (χ0n) is 10.4. The van der Waals surface area contributed by atoms with Crippen molar-refractivity contribution in [1.29, 1.82) is 0 Å². The van der Waals surface area contributed by atoms with E-state index in [-0.39, 0.29) is 31.5 Å². The van der Waals surface area contributed by atoms with E-state index in [4.69, 9.17) is 0 Å². The van der Waals surface area contributed by atoms with Gasteiger partial charge in [-0.05, 0) is 24.6 Å². The van der Waals surface area contributed by atoms with E-state index in [2.05, 4.69) is 15.9 Å². The summed E-state index contributed by atoms with van der Waals surface area (Å²) in [6, 6.07) is 2.96. The van der Waals surface area contributed by atoms with Crippen LogP contribution in [0.4, 0.5) is 13.2 Å². The summed E-state index contributed by atoms with van der Waals surface area (Å²) in [6.45, 7) is 1.47. The second-order valence-corrected chi connectivity index (χ2v) is 5.54. The third-order valence-corrected chi connectivity index (χ3v) is 4.19. The van der Waals surface area contributed by atoms with Crippen LogP contribution in [0.5, 0.6) is 0 Å². The van der Waals surface area contributed by atoms with Gasteiger partial charge in [0.15, 0.2) is 0 Å². The Labute approximate surface area is 117 Å². The van der Waals surface area contributed by atoms with Crippen LogP contribution in [0.2, 0.25) is 0 Å². The Morgan fingerprint density at radius 1 is 1.32 bits per heavy atom. The Morgan fingerprint density at radius 2 is 1.89 bits per heavy atom. The van der Waals surface area contributed by atoms with E-state index in [0.717, 1.165) is 0 Å². The van der Waals surface area contributed by atoms with Crippen LogP contribution in [0.15, 0.2) is 16.6 Å². The molecule has 1 aromatic rings. The Bertz CT molecular complexity index is 509. The zero-order chi connectivity index (χ0) is 14.2. The number of hydrogen-bond donors (Lipinski definition) is 0. The van der Waals surface area contributed by atoms with Gasteiger partial charge in [-0.25, -0.2) is 13.2 Å². The van der Waals surface area contributed by atoms with Gasteiger partial charge in [-0.1, -0.05) is 15.9 Å². The number of nitrogens with zero attached hydrogens (tertiary/aromatic N) is 1. The Kier molecular flexibility index (Phi) is 3.90. The monoisotopic (exact) mass is 335 g/mol. The molecule has 0 aromatic heterocycles. The van der Waals surface area contributed by atoms with Crippen LogP contribution in [0, 0.1) is 12.7 Å². The van der Waals surface area contributed by atoms with Gasteiger partial charge in [0.25, 0.3) is 11.8 Å². The second kappa shape index (κ2) is 5.15. The van der Waals surface area contributed by atoms with Crippen molar-refractivity contribution in [3.8, 4) is 0 Å². The molecule has 2 rings (SSSR count). The van der Waals surface area contributed by atoms with Gasteiger partial charge in [-0.15, -0.1) is 0 Å². The number of alkyl halides is 2. The van der Waals surface area contributed by atoms with Crippen molar-refractivity contribution in [1.82, 2.24) is 4.90 Å². The summed E-state index contributed by atoms with van der Waals surface area (Å²) in [4.78, 5) is 13.4. The van der Waals surface area contributed by atoms with Gasteiger partial charge < -0.3 is 4.90 Å². The maximum absolute atomic E-state index is 14.0. The normalized spacial score (nSPS) is 18.5. The van der Waals surface area contributed by atoms with E-state index in [1.807, 2.05) is 0 Å². The summed E-state index contributed by atoms with van der Waals surface area (Å²) in [5.41, 5.74) is 0.277. The first-order chi connectivity index (χ1) is 8.82. The molecule has 1 aliphatic rings. The van der Waals surface area contributed by atoms with Crippen LogP contribution in [-0.2, 0) is 0 Å². The van der Waals surface area contributed by atoms with Crippen molar-refractivity contribution in [2.75, 3.05) is 13.1 Å². The lowest BCUT2D eigenvalue weighted by molar-refractivity contribution is -0.0494. The van der Waals surface area contributed by atoms with Crippen LogP contribution in [0.25, 0.3) is 0 Å². The van der Waals surface area contributed by atoms with Crippen LogP contribution in [0.3, 0.4) is 0 Å². The highest BCUT2D eigenvalue weighted by atomic mass is 79.9. The minimum absolute atomic E-state index is 0.0413. The van der Waals surface area contributed by atoms with E-state index < -0.39 is 17.6 Å². The quantitative estimate of drug-likeness (QED) is 0.765. The molecule has 0 unspecified atom stereocenters. The first-order valence-electron chi connectivity index (χ1n) is 5.93. The Morgan fingerprint density at radius 3 is 2.47 bits per heavy atom. The van der Waals surface area contributed by atoms with Gasteiger partial charge in [-0.2, -0.15) is 0 Å². The summed E-state index contributed by atoms with van der Waals surface area (Å²) in [5.74, 6) is -3.84. The highest BCUT2D eigenvalue weighted by Gasteiger charge is 2.36. The van der Waals surface area contributed by atoms with Gasteiger partial charge in [-0.3, -0.25) is 4.79 Å². The molecule has 1 aliphatic heterocycles. The Balaban J connectivity index is 2.20. The first kappa shape index (κ1) is 14.4. The molecule has 1 aromatic carbocycles. The molecule has 1 fully saturated rings. The summed E-state index contributed by atoms with van der Waals surface area (Å²) >= 11 is 3.18. The molecule has 0 atom stereocenters. The van der Waals surface area contributed by atoms with Crippen LogP contribution in [-0.4, -0.2) is 29.8 Å². The molecule has 1 saturated heterocycles. The van der Waals surface area contributed by atoms with Crippen molar-refractivity contribution in [2.24, 2.45) is 0 Å². The topological polar surface area (TPSA) is 20.3 Å². The standard InChI is InChI=1S/C13H13BrF3NO/c1-8-10(14)3-2-9(11(8)15)12(19)18-6-4-13(16,17)5-7-18/h2-3H,4-7H2,1H3. The molecule has 0 spiro atoms. The summed E-state index contributed by atoms with van der Waals surface area (Å²) < 4.78 is 40.6. The SMILES string of the molecule is Cc1c(Br)ccc(C(=O)N2CCC(F)(F)CC2)c1F. The molecule has 0 N–H and O–H groups in total. The van der Waals surface area contributed by atoms with Gasteiger partial charge >= 0.3 is 0 Å². The number of piperidine rings is 1. The lowest BCUT2D eigenvalue weighted by Gasteiger charge is -2.32. The molecule has 19 heavy (non-hydrogen) atoms. The van der Waals surface area contributed by atoms with Crippen LogP contribution >= 0.6 is 15.9 Å². The number of halogens is 4. The number of likely N-dealkylation sites (tertiary alicyclic amines) is 1. The van der Waals surface area contributed by atoms with E-state index in [9.17, 15) is 18.0 Å². The molecule has 6 heteroatoms. The van der Waals surface area contributed by atoms with Gasteiger partial charge in [0, 0.05) is 30.4 Å². The predicted molar refractivity (Wildman–Crippen MR) is 68.9 cm³/mol. The molecular weight excluding hydrogens is 323 g/mol. The Hall–Kier alpha value is -1.04. The van der Waals surface area contributed by atoms with E-state index in [0.29, 0.717) is 10.0 Å². The van der Waals surface area contributed by atoms with Gasteiger partial charge in [0.1, 0.15) is 5.82 Å². The third-order valence-electron chi connectivity index (χ3n) is 3.33. The average Bonchev–Trinajstić information content (AvgIpc) is 2.35. The van der Waals surface area contributed by atoms with Crippen molar-refractivity contribution < 1.29 is 18.0 Å². The number of hydrogen-bond acceptors (Lipinski definition) is 1. The lowest BCUT2D eigenvalue weighted by atomic mass is 10.0. The van der Waals surface area contributed by atoms with Crippen molar-refractivity contribution in [3.63, 3.8) is 0 Å². The number of rotatable bonds is 1. The molecule has 0 radical (unpaired) electrons. The predicted octanol–water partition coefficient (Wildman–Crippen LogP) is 3.77.